The molecule has 0 aliphatic heterocycles. The third kappa shape index (κ3) is 1.66. The van der Waals surface area contributed by atoms with Crippen molar-refractivity contribution in [3.8, 4) is 5.75 Å². The van der Waals surface area contributed by atoms with Gasteiger partial charge in [0.2, 0.25) is 0 Å². The Bertz CT molecular complexity index is 517. The molecule has 1 aromatic heterocycles. The number of nitrogens with one attached hydrogen (secondary N) is 1. The summed E-state index contributed by atoms with van der Waals surface area (Å²) in [7, 11) is 0. The lowest BCUT2D eigenvalue weighted by Gasteiger charge is -2.05. The number of aromatic amines is 1. The van der Waals surface area contributed by atoms with Gasteiger partial charge in [-0.2, -0.15) is 0 Å². The van der Waals surface area contributed by atoms with E-state index in [9.17, 15) is 5.11 Å². The van der Waals surface area contributed by atoms with Crippen LogP contribution in [0.25, 0.3) is 10.9 Å². The van der Waals surface area contributed by atoms with Crippen LogP contribution in [-0.4, -0.2) is 16.7 Å². The van der Waals surface area contributed by atoms with Crippen molar-refractivity contribution in [2.75, 3.05) is 6.61 Å². The molecule has 0 bridgehead atoms. The molecule has 0 unspecified atom stereocenters. The number of phenolic OH excluding ortho intramolecular Hbond substituents is 1. The van der Waals surface area contributed by atoms with Crippen LogP contribution in [-0.2, 0) is 11.3 Å². The Labute approximate surface area is 94.0 Å². The van der Waals surface area contributed by atoms with Gasteiger partial charge in [-0.15, -0.1) is 0 Å². The summed E-state index contributed by atoms with van der Waals surface area (Å²) in [6.07, 6.45) is 0.613. The van der Waals surface area contributed by atoms with Crippen LogP contribution in [0, 0.1) is 13.8 Å². The van der Waals surface area contributed by atoms with Crippen molar-refractivity contribution < 1.29 is 9.94 Å². The Hall–Kier alpha value is -1.52. The molecule has 4 nitrogen and oxygen atoms in total. The number of fused-ring (bicyclic) bond motifs is 1. The van der Waals surface area contributed by atoms with Crippen molar-refractivity contribution in [2.45, 2.75) is 20.3 Å². The standard InChI is InChI=1S/C12H16N2O2/c1-7-8(2)14-10-4-3-9(5-6-16-13)12(15)11(7)10/h3-4,14-15H,5-6,13H2,1-2H3. The zero-order chi connectivity index (χ0) is 11.7. The molecule has 0 spiro atoms. The van der Waals surface area contributed by atoms with Crippen molar-refractivity contribution in [1.29, 1.82) is 0 Å². The van der Waals surface area contributed by atoms with E-state index in [0.717, 1.165) is 27.7 Å². The summed E-state index contributed by atoms with van der Waals surface area (Å²) in [5.41, 5.74) is 3.99. The predicted octanol–water partition coefficient (Wildman–Crippen LogP) is 1.92. The number of aryl methyl sites for hydroxylation is 2. The highest BCUT2D eigenvalue weighted by Crippen LogP contribution is 2.32. The lowest BCUT2D eigenvalue weighted by molar-refractivity contribution is 0.141. The largest absolute Gasteiger partial charge is 0.507 e. The molecule has 1 aromatic carbocycles. The Morgan fingerprint density at radius 1 is 1.38 bits per heavy atom. The number of nitrogens with two attached hydrogens (primary N) is 1. The molecule has 0 saturated heterocycles. The van der Waals surface area contributed by atoms with E-state index in [1.165, 1.54) is 0 Å². The zero-order valence-electron chi connectivity index (χ0n) is 9.50. The van der Waals surface area contributed by atoms with E-state index in [1.54, 1.807) is 0 Å². The van der Waals surface area contributed by atoms with Gasteiger partial charge >= 0.3 is 0 Å². The van der Waals surface area contributed by atoms with Gasteiger partial charge in [-0.25, -0.2) is 5.90 Å². The number of H-pyrrole nitrogens is 1. The van der Waals surface area contributed by atoms with Gasteiger partial charge < -0.3 is 14.9 Å². The van der Waals surface area contributed by atoms with Crippen LogP contribution in [0.15, 0.2) is 12.1 Å². The number of aromatic hydroxyl groups is 1. The van der Waals surface area contributed by atoms with Gasteiger partial charge in [0.15, 0.2) is 0 Å². The van der Waals surface area contributed by atoms with Crippen molar-refractivity contribution in [1.82, 2.24) is 4.98 Å². The molecule has 0 saturated carbocycles. The number of benzene rings is 1. The lowest BCUT2D eigenvalue weighted by atomic mass is 10.1. The zero-order valence-corrected chi connectivity index (χ0v) is 9.50. The SMILES string of the molecule is Cc1[nH]c2ccc(CCON)c(O)c2c1C. The topological polar surface area (TPSA) is 71.3 Å². The minimum atomic E-state index is 0.330. The second-order valence-electron chi connectivity index (χ2n) is 3.99. The molecule has 0 atom stereocenters. The molecule has 0 radical (unpaired) electrons. The summed E-state index contributed by atoms with van der Waals surface area (Å²) < 4.78 is 0. The Morgan fingerprint density at radius 2 is 2.12 bits per heavy atom. The second kappa shape index (κ2) is 4.15. The molecule has 4 N–H and O–H groups in total. The first-order valence-corrected chi connectivity index (χ1v) is 5.26. The molecule has 0 fully saturated rings. The molecule has 86 valence electrons. The summed E-state index contributed by atoms with van der Waals surface area (Å²) in [5, 5.41) is 11.0. The molecular formula is C12H16N2O2. The number of aromatic nitrogens is 1. The maximum absolute atomic E-state index is 10.2. The van der Waals surface area contributed by atoms with Crippen LogP contribution >= 0.6 is 0 Å². The van der Waals surface area contributed by atoms with Crippen LogP contribution in [0.3, 0.4) is 0 Å². The highest BCUT2D eigenvalue weighted by Gasteiger charge is 2.11. The van der Waals surface area contributed by atoms with Gasteiger partial charge in [0.05, 0.1) is 6.61 Å². The quantitative estimate of drug-likeness (QED) is 0.692. The fraction of sp³-hybridized carbons (Fsp3) is 0.333. The number of hydrogen-bond donors (Lipinski definition) is 3. The van der Waals surface area contributed by atoms with Crippen molar-refractivity contribution in [3.05, 3.63) is 29.0 Å². The minimum absolute atomic E-state index is 0.330. The van der Waals surface area contributed by atoms with Gasteiger partial charge in [0, 0.05) is 23.0 Å². The van der Waals surface area contributed by atoms with Crippen LogP contribution in [0.2, 0.25) is 0 Å². The monoisotopic (exact) mass is 220 g/mol. The highest BCUT2D eigenvalue weighted by molar-refractivity contribution is 5.91. The minimum Gasteiger partial charge on any atom is -0.507 e. The van der Waals surface area contributed by atoms with E-state index >= 15 is 0 Å². The molecule has 16 heavy (non-hydrogen) atoms. The molecule has 1 heterocycles. The normalized spacial score (nSPS) is 11.2. The Balaban J connectivity index is 2.54. The highest BCUT2D eigenvalue weighted by atomic mass is 16.6. The van der Waals surface area contributed by atoms with Crippen LogP contribution < -0.4 is 5.90 Å². The maximum atomic E-state index is 10.2. The summed E-state index contributed by atoms with van der Waals surface area (Å²) >= 11 is 0. The molecule has 4 heteroatoms. The molecule has 0 aliphatic carbocycles. The Morgan fingerprint density at radius 3 is 2.81 bits per heavy atom. The number of phenols is 1. The van der Waals surface area contributed by atoms with Crippen molar-refractivity contribution >= 4 is 10.9 Å². The molecule has 0 amide bonds. The van der Waals surface area contributed by atoms with Gasteiger partial charge in [0.1, 0.15) is 5.75 Å². The van der Waals surface area contributed by atoms with E-state index in [1.807, 2.05) is 26.0 Å². The molecule has 2 rings (SSSR count). The van der Waals surface area contributed by atoms with E-state index in [2.05, 4.69) is 9.82 Å². The summed E-state index contributed by atoms with van der Waals surface area (Å²) in [6.45, 7) is 4.40. The number of rotatable bonds is 3. The fourth-order valence-electron chi connectivity index (χ4n) is 1.97. The van der Waals surface area contributed by atoms with E-state index < -0.39 is 0 Å². The van der Waals surface area contributed by atoms with Gasteiger partial charge in [-0.05, 0) is 31.0 Å². The van der Waals surface area contributed by atoms with Crippen LogP contribution in [0.4, 0.5) is 0 Å². The van der Waals surface area contributed by atoms with Gasteiger partial charge in [-0.3, -0.25) is 0 Å². The average molecular weight is 220 g/mol. The first kappa shape index (κ1) is 11.0. The van der Waals surface area contributed by atoms with Crippen LogP contribution in [0.5, 0.6) is 5.75 Å². The second-order valence-corrected chi connectivity index (χ2v) is 3.99. The number of hydrogen-bond acceptors (Lipinski definition) is 3. The van der Waals surface area contributed by atoms with Crippen molar-refractivity contribution in [3.63, 3.8) is 0 Å². The van der Waals surface area contributed by atoms with Crippen LogP contribution in [0.1, 0.15) is 16.8 Å². The fourth-order valence-corrected chi connectivity index (χ4v) is 1.97. The smallest absolute Gasteiger partial charge is 0.128 e. The lowest BCUT2D eigenvalue weighted by Crippen LogP contribution is -2.03. The van der Waals surface area contributed by atoms with E-state index in [-0.39, 0.29) is 0 Å². The van der Waals surface area contributed by atoms with Gasteiger partial charge in [0.25, 0.3) is 0 Å². The average Bonchev–Trinajstić information content (AvgIpc) is 2.55. The summed E-state index contributed by atoms with van der Waals surface area (Å²) in [6, 6.07) is 3.87. The summed E-state index contributed by atoms with van der Waals surface area (Å²) in [5.74, 6) is 5.32. The first-order chi connectivity index (χ1) is 7.65. The first-order valence-electron chi connectivity index (χ1n) is 5.26. The molecule has 0 aliphatic rings. The maximum Gasteiger partial charge on any atom is 0.128 e. The third-order valence-electron chi connectivity index (χ3n) is 3.01. The van der Waals surface area contributed by atoms with Gasteiger partial charge in [-0.1, -0.05) is 6.07 Å². The predicted molar refractivity (Wildman–Crippen MR) is 63.3 cm³/mol. The van der Waals surface area contributed by atoms with Crippen molar-refractivity contribution in [2.24, 2.45) is 5.90 Å². The molecule has 2 aromatic rings. The van der Waals surface area contributed by atoms with E-state index in [0.29, 0.717) is 18.8 Å². The summed E-state index contributed by atoms with van der Waals surface area (Å²) in [4.78, 5) is 7.76. The third-order valence-corrected chi connectivity index (χ3v) is 3.01. The molecular weight excluding hydrogens is 204 g/mol. The Kier molecular flexibility index (Phi) is 2.85. The van der Waals surface area contributed by atoms with E-state index in [4.69, 9.17) is 5.90 Å².